The summed E-state index contributed by atoms with van der Waals surface area (Å²) in [5.74, 6) is 1.88. The van der Waals surface area contributed by atoms with Crippen LogP contribution in [0.15, 0.2) is 0 Å². The highest BCUT2D eigenvalue weighted by atomic mass is 32.2. The van der Waals surface area contributed by atoms with Crippen LogP contribution in [0.3, 0.4) is 0 Å². The first-order valence-corrected chi connectivity index (χ1v) is 8.22. The fourth-order valence-corrected chi connectivity index (χ4v) is 3.33. The molecule has 0 aromatic carbocycles. The number of hydrogen-bond donors (Lipinski definition) is 1. The van der Waals surface area contributed by atoms with Crippen molar-refractivity contribution in [1.29, 1.82) is 0 Å². The van der Waals surface area contributed by atoms with Crippen molar-refractivity contribution < 1.29 is 8.42 Å². The molecule has 0 aliphatic heterocycles. The minimum atomic E-state index is -2.82. The average Bonchev–Trinajstić information content (AvgIpc) is 2.22. The standard InChI is InChI=1S/C12H25NO2S/c1-4-16(14,15)9-8-13-12-10(2)6-5-7-11(12)3/h10-13H,4-9H2,1-3H3. The molecule has 0 bridgehead atoms. The molecule has 1 fully saturated rings. The van der Waals surface area contributed by atoms with Crippen molar-refractivity contribution in [3.8, 4) is 0 Å². The Hall–Kier alpha value is -0.0900. The molecule has 1 aliphatic carbocycles. The summed E-state index contributed by atoms with van der Waals surface area (Å²) in [5, 5.41) is 3.43. The molecular formula is C12H25NO2S. The van der Waals surface area contributed by atoms with Crippen LogP contribution in [0.4, 0.5) is 0 Å². The monoisotopic (exact) mass is 247 g/mol. The van der Waals surface area contributed by atoms with E-state index in [2.05, 4.69) is 19.2 Å². The molecule has 3 nitrogen and oxygen atoms in total. The molecule has 4 heteroatoms. The van der Waals surface area contributed by atoms with Crippen LogP contribution in [0.2, 0.25) is 0 Å². The van der Waals surface area contributed by atoms with Crippen molar-refractivity contribution in [3.63, 3.8) is 0 Å². The van der Waals surface area contributed by atoms with E-state index in [4.69, 9.17) is 0 Å². The molecule has 1 N–H and O–H groups in total. The lowest BCUT2D eigenvalue weighted by Gasteiger charge is -2.35. The fraction of sp³-hybridized carbons (Fsp3) is 1.00. The summed E-state index contributed by atoms with van der Waals surface area (Å²) >= 11 is 0. The number of nitrogens with one attached hydrogen (secondary N) is 1. The Bertz CT molecular complexity index is 290. The topological polar surface area (TPSA) is 46.2 Å². The van der Waals surface area contributed by atoms with Gasteiger partial charge < -0.3 is 5.32 Å². The SMILES string of the molecule is CCS(=O)(=O)CCNC1C(C)CCCC1C. The molecule has 0 aromatic heterocycles. The molecule has 0 heterocycles. The fourth-order valence-electron chi connectivity index (χ4n) is 2.61. The summed E-state index contributed by atoms with van der Waals surface area (Å²) in [4.78, 5) is 0. The van der Waals surface area contributed by atoms with Crippen molar-refractivity contribution in [1.82, 2.24) is 5.32 Å². The minimum Gasteiger partial charge on any atom is -0.312 e. The van der Waals surface area contributed by atoms with E-state index in [9.17, 15) is 8.42 Å². The molecule has 2 atom stereocenters. The quantitative estimate of drug-likeness (QED) is 0.806. The molecular weight excluding hydrogens is 222 g/mol. The maximum absolute atomic E-state index is 11.4. The highest BCUT2D eigenvalue weighted by molar-refractivity contribution is 7.91. The predicted molar refractivity (Wildman–Crippen MR) is 68.3 cm³/mol. The Morgan fingerprint density at radius 3 is 2.25 bits per heavy atom. The third kappa shape index (κ3) is 4.06. The van der Waals surface area contributed by atoms with E-state index < -0.39 is 9.84 Å². The molecule has 0 aromatic rings. The number of rotatable bonds is 5. The van der Waals surface area contributed by atoms with E-state index in [1.807, 2.05) is 0 Å². The van der Waals surface area contributed by atoms with Gasteiger partial charge in [-0.05, 0) is 24.7 Å². The highest BCUT2D eigenvalue weighted by Gasteiger charge is 2.27. The van der Waals surface area contributed by atoms with Crippen LogP contribution in [0.1, 0.15) is 40.0 Å². The Morgan fingerprint density at radius 1 is 1.19 bits per heavy atom. The Kier molecular flexibility index (Phi) is 5.25. The second-order valence-corrected chi connectivity index (χ2v) is 7.57. The van der Waals surface area contributed by atoms with Gasteiger partial charge in [0, 0.05) is 18.3 Å². The zero-order valence-corrected chi connectivity index (χ0v) is 11.5. The summed E-state index contributed by atoms with van der Waals surface area (Å²) in [5.41, 5.74) is 0. The molecule has 1 aliphatic rings. The predicted octanol–water partition coefficient (Wildman–Crippen LogP) is 1.84. The van der Waals surface area contributed by atoms with Gasteiger partial charge in [-0.15, -0.1) is 0 Å². The average molecular weight is 247 g/mol. The first-order chi connectivity index (χ1) is 7.46. The summed E-state index contributed by atoms with van der Waals surface area (Å²) in [6.45, 7) is 6.85. The first kappa shape index (κ1) is 14.0. The second-order valence-electron chi connectivity index (χ2n) is 5.10. The smallest absolute Gasteiger partial charge is 0.151 e. The number of hydrogen-bond acceptors (Lipinski definition) is 3. The Labute approximate surface area is 99.9 Å². The highest BCUT2D eigenvalue weighted by Crippen LogP contribution is 2.28. The summed E-state index contributed by atoms with van der Waals surface area (Å²) in [6.07, 6.45) is 3.85. The van der Waals surface area contributed by atoms with Crippen LogP contribution in [0.5, 0.6) is 0 Å². The van der Waals surface area contributed by atoms with Gasteiger partial charge in [-0.3, -0.25) is 0 Å². The van der Waals surface area contributed by atoms with Crippen molar-refractivity contribution in [2.45, 2.75) is 46.1 Å². The van der Waals surface area contributed by atoms with Crippen LogP contribution in [-0.4, -0.2) is 32.5 Å². The normalized spacial score (nSPS) is 31.6. The van der Waals surface area contributed by atoms with Crippen LogP contribution < -0.4 is 5.32 Å². The third-order valence-corrected chi connectivity index (χ3v) is 5.48. The lowest BCUT2D eigenvalue weighted by atomic mass is 9.79. The molecule has 1 rings (SSSR count). The number of sulfone groups is 1. The van der Waals surface area contributed by atoms with Gasteiger partial charge in [-0.1, -0.05) is 27.2 Å². The van der Waals surface area contributed by atoms with Crippen LogP contribution >= 0.6 is 0 Å². The van der Waals surface area contributed by atoms with Gasteiger partial charge in [0.05, 0.1) is 5.75 Å². The molecule has 0 spiro atoms. The van der Waals surface area contributed by atoms with Crippen molar-refractivity contribution >= 4 is 9.84 Å². The van der Waals surface area contributed by atoms with Gasteiger partial charge in [-0.25, -0.2) is 8.42 Å². The lowest BCUT2D eigenvalue weighted by molar-refractivity contribution is 0.212. The van der Waals surface area contributed by atoms with Gasteiger partial charge >= 0.3 is 0 Å². The van der Waals surface area contributed by atoms with Gasteiger partial charge in [-0.2, -0.15) is 0 Å². The van der Waals surface area contributed by atoms with Gasteiger partial charge in [0.1, 0.15) is 0 Å². The summed E-state index contributed by atoms with van der Waals surface area (Å²) in [7, 11) is -2.82. The minimum absolute atomic E-state index is 0.254. The molecule has 0 saturated heterocycles. The largest absolute Gasteiger partial charge is 0.312 e. The second kappa shape index (κ2) is 6.01. The zero-order chi connectivity index (χ0) is 12.2. The maximum Gasteiger partial charge on any atom is 0.151 e. The maximum atomic E-state index is 11.4. The van der Waals surface area contributed by atoms with Crippen molar-refractivity contribution in [2.75, 3.05) is 18.1 Å². The molecule has 0 amide bonds. The van der Waals surface area contributed by atoms with E-state index >= 15 is 0 Å². The van der Waals surface area contributed by atoms with E-state index in [1.54, 1.807) is 6.92 Å². The summed E-state index contributed by atoms with van der Waals surface area (Å²) in [6, 6.07) is 0.501. The Balaban J connectivity index is 2.36. The first-order valence-electron chi connectivity index (χ1n) is 6.40. The van der Waals surface area contributed by atoms with E-state index in [-0.39, 0.29) is 11.5 Å². The molecule has 96 valence electrons. The van der Waals surface area contributed by atoms with E-state index in [1.165, 1.54) is 19.3 Å². The Morgan fingerprint density at radius 2 is 1.75 bits per heavy atom. The molecule has 2 unspecified atom stereocenters. The third-order valence-electron chi connectivity index (χ3n) is 3.78. The van der Waals surface area contributed by atoms with Gasteiger partial charge in [0.15, 0.2) is 9.84 Å². The molecule has 0 radical (unpaired) electrons. The van der Waals surface area contributed by atoms with Crippen molar-refractivity contribution in [3.05, 3.63) is 0 Å². The van der Waals surface area contributed by atoms with E-state index in [0.29, 0.717) is 24.4 Å². The van der Waals surface area contributed by atoms with Crippen LogP contribution in [0.25, 0.3) is 0 Å². The lowest BCUT2D eigenvalue weighted by Crippen LogP contribution is -2.44. The van der Waals surface area contributed by atoms with E-state index in [0.717, 1.165) is 0 Å². The summed E-state index contributed by atoms with van der Waals surface area (Å²) < 4.78 is 22.7. The molecule has 1 saturated carbocycles. The van der Waals surface area contributed by atoms with Crippen LogP contribution in [-0.2, 0) is 9.84 Å². The van der Waals surface area contributed by atoms with Gasteiger partial charge in [0.2, 0.25) is 0 Å². The molecule has 16 heavy (non-hydrogen) atoms. The van der Waals surface area contributed by atoms with Gasteiger partial charge in [0.25, 0.3) is 0 Å². The van der Waals surface area contributed by atoms with Crippen LogP contribution in [0, 0.1) is 11.8 Å². The zero-order valence-electron chi connectivity index (χ0n) is 10.7. The van der Waals surface area contributed by atoms with Crippen molar-refractivity contribution in [2.24, 2.45) is 11.8 Å².